The van der Waals surface area contributed by atoms with Crippen molar-refractivity contribution in [3.8, 4) is 10.6 Å². The van der Waals surface area contributed by atoms with Gasteiger partial charge in [-0.1, -0.05) is 19.9 Å². The average molecular weight is 413 g/mol. The molecular weight excluding hydrogens is 380 g/mol. The van der Waals surface area contributed by atoms with E-state index >= 15 is 0 Å². The minimum Gasteiger partial charge on any atom is -0.354 e. The molecule has 5 heterocycles. The van der Waals surface area contributed by atoms with Crippen LogP contribution in [0.1, 0.15) is 57.0 Å². The van der Waals surface area contributed by atoms with E-state index in [0.717, 1.165) is 50.4 Å². The molecule has 3 aliphatic heterocycles. The van der Waals surface area contributed by atoms with E-state index in [1.165, 1.54) is 17.0 Å². The molecule has 0 radical (unpaired) electrons. The van der Waals surface area contributed by atoms with Crippen LogP contribution in [-0.2, 0) is 4.79 Å². The molecule has 2 bridgehead atoms. The maximum Gasteiger partial charge on any atom is 0.223 e. The standard InChI is InChI=1S/C23H32N4OS/c1-4-16(5-2)23(28)24-13-18-11-17-8-9-27(18)14-19(17)20-12-21(26-15(3)25-20)22-7-6-10-29-22/h6-7,10,12,16-19H,4-5,8-9,11,13-14H2,1-3H3,(H,24,28)/t17-,18+,19-/m0/s1. The Morgan fingerprint density at radius 3 is 2.83 bits per heavy atom. The number of aromatic nitrogens is 2. The molecule has 29 heavy (non-hydrogen) atoms. The summed E-state index contributed by atoms with van der Waals surface area (Å²) < 4.78 is 0. The fourth-order valence-corrected chi connectivity index (χ4v) is 5.73. The van der Waals surface area contributed by atoms with Gasteiger partial charge in [-0.05, 0) is 62.6 Å². The van der Waals surface area contributed by atoms with Gasteiger partial charge in [0.1, 0.15) is 5.82 Å². The predicted molar refractivity (Wildman–Crippen MR) is 118 cm³/mol. The summed E-state index contributed by atoms with van der Waals surface area (Å²) >= 11 is 1.73. The highest BCUT2D eigenvalue weighted by Gasteiger charge is 2.41. The third-order valence-corrected chi connectivity index (χ3v) is 7.65. The fourth-order valence-electron chi connectivity index (χ4n) is 5.04. The molecule has 1 amide bonds. The van der Waals surface area contributed by atoms with Gasteiger partial charge in [0, 0.05) is 36.7 Å². The molecule has 156 valence electrons. The summed E-state index contributed by atoms with van der Waals surface area (Å²) in [6.07, 6.45) is 4.20. The molecule has 5 rings (SSSR count). The second-order valence-corrected chi connectivity index (χ2v) is 9.45. The first-order chi connectivity index (χ1) is 14.1. The molecule has 2 aromatic rings. The number of fused-ring (bicyclic) bond motifs is 3. The van der Waals surface area contributed by atoms with Crippen LogP contribution < -0.4 is 5.32 Å². The SMILES string of the molecule is CCC(CC)C(=O)NC[C@H]1C[C@@H]2CCN1C[C@@H]2c1cc(-c2cccs2)nc(C)n1. The van der Waals surface area contributed by atoms with Crippen LogP contribution in [0.25, 0.3) is 10.6 Å². The molecule has 0 saturated carbocycles. The molecule has 1 N–H and O–H groups in total. The number of nitrogens with zero attached hydrogens (tertiary/aromatic N) is 3. The summed E-state index contributed by atoms with van der Waals surface area (Å²) in [5.74, 6) is 2.34. The van der Waals surface area contributed by atoms with E-state index in [4.69, 9.17) is 4.98 Å². The maximum atomic E-state index is 12.4. The van der Waals surface area contributed by atoms with Crippen molar-refractivity contribution < 1.29 is 4.79 Å². The van der Waals surface area contributed by atoms with Gasteiger partial charge in [0.15, 0.2) is 0 Å². The van der Waals surface area contributed by atoms with Gasteiger partial charge in [-0.2, -0.15) is 0 Å². The first-order valence-corrected chi connectivity index (χ1v) is 11.9. The van der Waals surface area contributed by atoms with Crippen molar-refractivity contribution >= 4 is 17.2 Å². The van der Waals surface area contributed by atoms with Gasteiger partial charge in [-0.15, -0.1) is 11.3 Å². The number of hydrogen-bond donors (Lipinski definition) is 1. The molecular formula is C23H32N4OS. The minimum atomic E-state index is 0.151. The van der Waals surface area contributed by atoms with Gasteiger partial charge in [0.05, 0.1) is 10.6 Å². The zero-order valence-electron chi connectivity index (χ0n) is 17.7. The smallest absolute Gasteiger partial charge is 0.223 e. The van der Waals surface area contributed by atoms with Gasteiger partial charge in [0.2, 0.25) is 5.91 Å². The lowest BCUT2D eigenvalue weighted by atomic mass is 9.74. The maximum absolute atomic E-state index is 12.4. The summed E-state index contributed by atoms with van der Waals surface area (Å²) in [5, 5.41) is 5.32. The Kier molecular flexibility index (Phi) is 6.30. The summed E-state index contributed by atoms with van der Waals surface area (Å²) in [6.45, 7) is 9.14. The number of piperidine rings is 3. The van der Waals surface area contributed by atoms with Crippen molar-refractivity contribution in [1.29, 1.82) is 0 Å². The van der Waals surface area contributed by atoms with Crippen LogP contribution in [0.15, 0.2) is 23.6 Å². The molecule has 4 atom stereocenters. The monoisotopic (exact) mass is 412 g/mol. The zero-order valence-corrected chi connectivity index (χ0v) is 18.5. The van der Waals surface area contributed by atoms with Crippen LogP contribution in [0.3, 0.4) is 0 Å². The van der Waals surface area contributed by atoms with Gasteiger partial charge >= 0.3 is 0 Å². The summed E-state index contributed by atoms with van der Waals surface area (Å²) in [6, 6.07) is 6.87. The van der Waals surface area contributed by atoms with Crippen molar-refractivity contribution in [2.24, 2.45) is 11.8 Å². The summed E-state index contributed by atoms with van der Waals surface area (Å²) in [7, 11) is 0. The number of carbonyl (C=O) groups excluding carboxylic acids is 1. The van der Waals surface area contributed by atoms with E-state index in [1.807, 2.05) is 6.92 Å². The van der Waals surface area contributed by atoms with Crippen molar-refractivity contribution in [3.05, 3.63) is 35.1 Å². The number of nitrogens with one attached hydrogen (secondary N) is 1. The van der Waals surface area contributed by atoms with E-state index in [1.54, 1.807) is 11.3 Å². The third-order valence-electron chi connectivity index (χ3n) is 6.76. The second-order valence-electron chi connectivity index (χ2n) is 8.50. The van der Waals surface area contributed by atoms with Crippen molar-refractivity contribution in [3.63, 3.8) is 0 Å². The number of amides is 1. The largest absolute Gasteiger partial charge is 0.354 e. The predicted octanol–water partition coefficient (Wildman–Crippen LogP) is 4.24. The van der Waals surface area contributed by atoms with E-state index in [-0.39, 0.29) is 11.8 Å². The van der Waals surface area contributed by atoms with Crippen LogP contribution in [0.5, 0.6) is 0 Å². The summed E-state index contributed by atoms with van der Waals surface area (Å²) in [4.78, 5) is 25.7. The molecule has 0 aliphatic carbocycles. The molecule has 1 unspecified atom stereocenters. The third kappa shape index (κ3) is 4.38. The molecule has 6 heteroatoms. The Bertz CT molecular complexity index is 833. The second kappa shape index (κ2) is 8.92. The molecule has 3 fully saturated rings. The highest BCUT2D eigenvalue weighted by molar-refractivity contribution is 7.13. The number of hydrogen-bond acceptors (Lipinski definition) is 5. The van der Waals surface area contributed by atoms with Gasteiger partial charge in [0.25, 0.3) is 0 Å². The molecule has 2 aromatic heterocycles. The van der Waals surface area contributed by atoms with E-state index < -0.39 is 0 Å². The van der Waals surface area contributed by atoms with Gasteiger partial charge in [-0.25, -0.2) is 9.97 Å². The average Bonchev–Trinajstić information content (AvgIpc) is 3.28. The van der Waals surface area contributed by atoms with Gasteiger partial charge < -0.3 is 5.32 Å². The Balaban J connectivity index is 1.44. The Labute approximate surface area is 178 Å². The highest BCUT2D eigenvalue weighted by Crippen LogP contribution is 2.41. The molecule has 3 saturated heterocycles. The first-order valence-electron chi connectivity index (χ1n) is 11.0. The van der Waals surface area contributed by atoms with E-state index in [9.17, 15) is 4.79 Å². The van der Waals surface area contributed by atoms with E-state index in [2.05, 4.69) is 52.6 Å². The quantitative estimate of drug-likeness (QED) is 0.739. The van der Waals surface area contributed by atoms with Crippen LogP contribution in [0.4, 0.5) is 0 Å². The Morgan fingerprint density at radius 2 is 2.17 bits per heavy atom. The van der Waals surface area contributed by atoms with Crippen molar-refractivity contribution in [2.75, 3.05) is 19.6 Å². The van der Waals surface area contributed by atoms with Crippen molar-refractivity contribution in [1.82, 2.24) is 20.2 Å². The molecule has 3 aliphatic rings. The lowest BCUT2D eigenvalue weighted by Gasteiger charge is -2.49. The van der Waals surface area contributed by atoms with Crippen LogP contribution in [-0.4, -0.2) is 46.5 Å². The highest BCUT2D eigenvalue weighted by atomic mass is 32.1. The first kappa shape index (κ1) is 20.5. The number of aryl methyl sites for hydroxylation is 1. The minimum absolute atomic E-state index is 0.151. The summed E-state index contributed by atoms with van der Waals surface area (Å²) in [5.41, 5.74) is 2.24. The van der Waals surface area contributed by atoms with E-state index in [0.29, 0.717) is 17.9 Å². The van der Waals surface area contributed by atoms with Crippen LogP contribution in [0.2, 0.25) is 0 Å². The fraction of sp³-hybridized carbons (Fsp3) is 0.609. The number of carbonyl (C=O) groups is 1. The lowest BCUT2D eigenvalue weighted by molar-refractivity contribution is -0.125. The number of thiophene rings is 1. The van der Waals surface area contributed by atoms with Gasteiger partial charge in [-0.3, -0.25) is 9.69 Å². The van der Waals surface area contributed by atoms with Crippen LogP contribution >= 0.6 is 11.3 Å². The topological polar surface area (TPSA) is 58.1 Å². The Hall–Kier alpha value is -1.79. The molecule has 5 nitrogen and oxygen atoms in total. The van der Waals surface area contributed by atoms with Crippen molar-refractivity contribution in [2.45, 2.75) is 58.4 Å². The lowest BCUT2D eigenvalue weighted by Crippen LogP contribution is -2.56. The van der Waals surface area contributed by atoms with Crippen LogP contribution in [0, 0.1) is 18.8 Å². The Morgan fingerprint density at radius 1 is 1.34 bits per heavy atom. The molecule has 0 spiro atoms. The normalized spacial score (nSPS) is 26.1. The number of rotatable bonds is 7. The molecule has 0 aromatic carbocycles. The zero-order chi connectivity index (χ0) is 20.4.